The second-order valence-electron chi connectivity index (χ2n) is 5.49. The molecule has 1 heterocycles. The quantitative estimate of drug-likeness (QED) is 0.435. The van der Waals surface area contributed by atoms with E-state index < -0.39 is 0 Å². The lowest BCUT2D eigenvalue weighted by atomic mass is 10.0. The van der Waals surface area contributed by atoms with Gasteiger partial charge >= 0.3 is 0 Å². The Balaban J connectivity index is 2.07. The van der Waals surface area contributed by atoms with Gasteiger partial charge in [-0.1, -0.05) is 78.9 Å². The molecule has 0 bridgehead atoms. The van der Waals surface area contributed by atoms with Crippen LogP contribution in [0.15, 0.2) is 83.3 Å². The number of rotatable bonds is 2. The molecule has 1 nitrogen and oxygen atoms in total. The first kappa shape index (κ1) is 12.9. The Labute approximate surface area is 129 Å². The summed E-state index contributed by atoms with van der Waals surface area (Å²) in [7, 11) is 0. The maximum absolute atomic E-state index is 6.32. The third kappa shape index (κ3) is 2.03. The van der Waals surface area contributed by atoms with Gasteiger partial charge in [-0.25, -0.2) is 0 Å². The molecule has 0 aliphatic heterocycles. The van der Waals surface area contributed by atoms with E-state index in [0.717, 1.165) is 22.6 Å². The number of furan rings is 1. The summed E-state index contributed by atoms with van der Waals surface area (Å²) in [4.78, 5) is 0. The predicted octanol–water partition coefficient (Wildman–Crippen LogP) is 6.08. The average Bonchev–Trinajstić information content (AvgIpc) is 2.98. The lowest BCUT2D eigenvalue weighted by Gasteiger charge is -2.00. The molecule has 106 valence electrons. The lowest BCUT2D eigenvalue weighted by Crippen LogP contribution is -1.78. The minimum atomic E-state index is 0.943. The van der Waals surface area contributed by atoms with Gasteiger partial charge in [-0.2, -0.15) is 0 Å². The van der Waals surface area contributed by atoms with Crippen molar-refractivity contribution in [2.45, 2.75) is 6.92 Å². The van der Waals surface area contributed by atoms with E-state index in [4.69, 9.17) is 4.42 Å². The first-order valence-electron chi connectivity index (χ1n) is 7.47. The Morgan fingerprint density at radius 1 is 0.591 bits per heavy atom. The highest BCUT2D eigenvalue weighted by atomic mass is 16.3. The van der Waals surface area contributed by atoms with E-state index in [1.165, 1.54) is 16.3 Å². The van der Waals surface area contributed by atoms with Gasteiger partial charge in [-0.3, -0.25) is 0 Å². The molecular weight excluding hydrogens is 268 g/mol. The fourth-order valence-electron chi connectivity index (χ4n) is 2.96. The molecule has 0 fully saturated rings. The number of benzene rings is 3. The summed E-state index contributed by atoms with van der Waals surface area (Å²) in [6.45, 7) is 2.14. The van der Waals surface area contributed by atoms with Gasteiger partial charge in [0.05, 0.1) is 0 Å². The maximum atomic E-state index is 6.32. The Hall–Kier alpha value is -2.80. The van der Waals surface area contributed by atoms with E-state index in [-0.39, 0.29) is 0 Å². The fraction of sp³-hybridized carbons (Fsp3) is 0.0476. The van der Waals surface area contributed by atoms with Crippen molar-refractivity contribution in [3.05, 3.63) is 84.4 Å². The standard InChI is InChI=1S/C21H16O/c1-15-9-8-14-18-19(15)21(17-12-6-3-7-13-17)22-20(18)16-10-4-2-5-11-16/h2-14H,1H3. The summed E-state index contributed by atoms with van der Waals surface area (Å²) in [6, 6.07) is 27.0. The molecule has 0 radical (unpaired) electrons. The van der Waals surface area contributed by atoms with E-state index in [0.29, 0.717) is 0 Å². The normalized spacial score (nSPS) is 11.0. The lowest BCUT2D eigenvalue weighted by molar-refractivity contribution is 0.602. The van der Waals surface area contributed by atoms with Gasteiger partial charge in [0.15, 0.2) is 0 Å². The second kappa shape index (κ2) is 5.19. The Bertz CT molecular complexity index is 918. The van der Waals surface area contributed by atoms with Gasteiger partial charge in [0.2, 0.25) is 0 Å². The van der Waals surface area contributed by atoms with Crippen LogP contribution < -0.4 is 0 Å². The van der Waals surface area contributed by atoms with E-state index >= 15 is 0 Å². The van der Waals surface area contributed by atoms with Crippen LogP contribution in [0.3, 0.4) is 0 Å². The van der Waals surface area contributed by atoms with Crippen LogP contribution in [0.2, 0.25) is 0 Å². The molecule has 4 rings (SSSR count). The minimum absolute atomic E-state index is 0.943. The molecule has 4 aromatic rings. The van der Waals surface area contributed by atoms with Crippen LogP contribution >= 0.6 is 0 Å². The summed E-state index contributed by atoms with van der Waals surface area (Å²) in [5, 5.41) is 2.37. The number of hydrogen-bond donors (Lipinski definition) is 0. The van der Waals surface area contributed by atoms with E-state index in [1.807, 2.05) is 36.4 Å². The average molecular weight is 284 g/mol. The van der Waals surface area contributed by atoms with Crippen molar-refractivity contribution in [2.24, 2.45) is 0 Å². The summed E-state index contributed by atoms with van der Waals surface area (Å²) in [6.07, 6.45) is 0. The smallest absolute Gasteiger partial charge is 0.142 e. The second-order valence-corrected chi connectivity index (χ2v) is 5.49. The Morgan fingerprint density at radius 3 is 1.82 bits per heavy atom. The number of hydrogen-bond acceptors (Lipinski definition) is 1. The molecule has 0 spiro atoms. The first-order chi connectivity index (χ1) is 10.8. The van der Waals surface area contributed by atoms with E-state index in [2.05, 4.69) is 49.4 Å². The molecule has 0 aliphatic carbocycles. The Kier molecular flexibility index (Phi) is 3.05. The third-order valence-corrected chi connectivity index (χ3v) is 4.02. The third-order valence-electron chi connectivity index (χ3n) is 4.02. The van der Waals surface area contributed by atoms with Crippen molar-refractivity contribution in [3.8, 4) is 22.6 Å². The largest absolute Gasteiger partial charge is 0.455 e. The molecule has 22 heavy (non-hydrogen) atoms. The first-order valence-corrected chi connectivity index (χ1v) is 7.47. The molecule has 1 heteroatoms. The summed E-state index contributed by atoms with van der Waals surface area (Å²) in [5.74, 6) is 1.89. The molecule has 0 aliphatic rings. The predicted molar refractivity (Wildman–Crippen MR) is 91.8 cm³/mol. The molecule has 0 saturated heterocycles. The topological polar surface area (TPSA) is 13.1 Å². The van der Waals surface area contributed by atoms with E-state index in [9.17, 15) is 0 Å². The van der Waals surface area contributed by atoms with Crippen LogP contribution in [-0.4, -0.2) is 0 Å². The fourth-order valence-corrected chi connectivity index (χ4v) is 2.96. The zero-order chi connectivity index (χ0) is 14.9. The van der Waals surface area contributed by atoms with Crippen molar-refractivity contribution in [3.63, 3.8) is 0 Å². The van der Waals surface area contributed by atoms with Gasteiger partial charge in [0.25, 0.3) is 0 Å². The molecule has 1 aromatic heterocycles. The summed E-state index contributed by atoms with van der Waals surface area (Å²) in [5.41, 5.74) is 3.46. The van der Waals surface area contributed by atoms with Crippen LogP contribution in [-0.2, 0) is 0 Å². The Morgan fingerprint density at radius 2 is 1.18 bits per heavy atom. The van der Waals surface area contributed by atoms with Crippen molar-refractivity contribution < 1.29 is 4.42 Å². The highest BCUT2D eigenvalue weighted by Crippen LogP contribution is 2.40. The van der Waals surface area contributed by atoms with Crippen LogP contribution in [0.1, 0.15) is 5.56 Å². The van der Waals surface area contributed by atoms with Gasteiger partial charge in [0.1, 0.15) is 11.5 Å². The van der Waals surface area contributed by atoms with Gasteiger partial charge in [0, 0.05) is 21.9 Å². The highest BCUT2D eigenvalue weighted by molar-refractivity contribution is 6.04. The number of aryl methyl sites for hydroxylation is 1. The highest BCUT2D eigenvalue weighted by Gasteiger charge is 2.17. The monoisotopic (exact) mass is 284 g/mol. The van der Waals surface area contributed by atoms with Crippen LogP contribution in [0.5, 0.6) is 0 Å². The molecule has 3 aromatic carbocycles. The zero-order valence-corrected chi connectivity index (χ0v) is 12.4. The van der Waals surface area contributed by atoms with Gasteiger partial charge in [-0.05, 0) is 12.5 Å². The SMILES string of the molecule is Cc1cccc2c(-c3ccccc3)oc(-c3ccccc3)c12. The molecule has 0 N–H and O–H groups in total. The van der Waals surface area contributed by atoms with Crippen molar-refractivity contribution in [1.29, 1.82) is 0 Å². The summed E-state index contributed by atoms with van der Waals surface area (Å²) >= 11 is 0. The van der Waals surface area contributed by atoms with E-state index in [1.54, 1.807) is 0 Å². The number of fused-ring (bicyclic) bond motifs is 1. The minimum Gasteiger partial charge on any atom is -0.455 e. The van der Waals surface area contributed by atoms with Crippen molar-refractivity contribution >= 4 is 10.8 Å². The van der Waals surface area contributed by atoms with Crippen molar-refractivity contribution in [2.75, 3.05) is 0 Å². The molecule has 0 unspecified atom stereocenters. The van der Waals surface area contributed by atoms with Crippen molar-refractivity contribution in [1.82, 2.24) is 0 Å². The van der Waals surface area contributed by atoms with Gasteiger partial charge < -0.3 is 4.42 Å². The van der Waals surface area contributed by atoms with Crippen LogP contribution in [0.4, 0.5) is 0 Å². The zero-order valence-electron chi connectivity index (χ0n) is 12.4. The molecule has 0 atom stereocenters. The molecule has 0 saturated carbocycles. The van der Waals surface area contributed by atoms with Gasteiger partial charge in [-0.15, -0.1) is 0 Å². The van der Waals surface area contributed by atoms with Crippen LogP contribution in [0, 0.1) is 6.92 Å². The maximum Gasteiger partial charge on any atom is 0.142 e. The van der Waals surface area contributed by atoms with Crippen LogP contribution in [0.25, 0.3) is 33.4 Å². The molecule has 0 amide bonds. The summed E-state index contributed by atoms with van der Waals surface area (Å²) < 4.78 is 6.32. The molecular formula is C21H16O.